The molecule has 120 valence electrons. The molecule has 2 rings (SSSR count). The lowest BCUT2D eigenvalue weighted by molar-refractivity contribution is 0.0938. The van der Waals surface area contributed by atoms with Gasteiger partial charge in [0.05, 0.1) is 11.7 Å². The van der Waals surface area contributed by atoms with Crippen molar-refractivity contribution in [2.75, 3.05) is 59.9 Å². The van der Waals surface area contributed by atoms with Gasteiger partial charge in [-0.3, -0.25) is 14.5 Å². The van der Waals surface area contributed by atoms with Crippen LogP contribution in [0.4, 0.5) is 0 Å². The van der Waals surface area contributed by atoms with E-state index in [2.05, 4.69) is 47.0 Å². The molecule has 0 radical (unpaired) electrons. The van der Waals surface area contributed by atoms with Gasteiger partial charge in [-0.05, 0) is 21.0 Å². The van der Waals surface area contributed by atoms with Gasteiger partial charge in [0.25, 0.3) is 0 Å². The zero-order valence-electron chi connectivity index (χ0n) is 13.9. The summed E-state index contributed by atoms with van der Waals surface area (Å²) in [4.78, 5) is 7.30. The summed E-state index contributed by atoms with van der Waals surface area (Å²) in [7, 11) is 6.24. The number of piperazine rings is 1. The van der Waals surface area contributed by atoms with E-state index in [1.165, 1.54) is 5.56 Å². The predicted molar refractivity (Wildman–Crippen MR) is 86.3 cm³/mol. The summed E-state index contributed by atoms with van der Waals surface area (Å²) >= 11 is 0. The number of rotatable bonds is 6. The first kappa shape index (κ1) is 16.4. The number of aryl methyl sites for hydroxylation is 2. The molecule has 0 saturated carbocycles. The van der Waals surface area contributed by atoms with Gasteiger partial charge in [0.15, 0.2) is 0 Å². The molecule has 6 heteroatoms. The van der Waals surface area contributed by atoms with Crippen molar-refractivity contribution in [2.24, 2.45) is 12.8 Å². The predicted octanol–water partition coefficient (Wildman–Crippen LogP) is -0.0925. The largest absolute Gasteiger partial charge is 0.329 e. The van der Waals surface area contributed by atoms with E-state index in [4.69, 9.17) is 5.73 Å². The molecule has 6 nitrogen and oxygen atoms in total. The van der Waals surface area contributed by atoms with Crippen molar-refractivity contribution in [1.29, 1.82) is 0 Å². The van der Waals surface area contributed by atoms with Crippen LogP contribution in [0, 0.1) is 6.92 Å². The molecule has 0 spiro atoms. The van der Waals surface area contributed by atoms with Crippen LogP contribution in [-0.4, -0.2) is 84.4 Å². The molecular formula is C15H30N6. The summed E-state index contributed by atoms with van der Waals surface area (Å²) in [5.41, 5.74) is 8.43. The zero-order valence-corrected chi connectivity index (χ0v) is 13.9. The quantitative estimate of drug-likeness (QED) is 0.794. The topological polar surface area (TPSA) is 53.6 Å². The fourth-order valence-corrected chi connectivity index (χ4v) is 3.06. The van der Waals surface area contributed by atoms with Crippen molar-refractivity contribution in [3.05, 3.63) is 17.5 Å². The van der Waals surface area contributed by atoms with Crippen LogP contribution in [0.15, 0.2) is 6.20 Å². The molecule has 1 aliphatic rings. The van der Waals surface area contributed by atoms with Gasteiger partial charge in [-0.1, -0.05) is 0 Å². The maximum absolute atomic E-state index is 6.05. The number of nitrogens with two attached hydrogens (primary N) is 1. The molecule has 1 fully saturated rings. The Morgan fingerprint density at radius 3 is 2.43 bits per heavy atom. The smallest absolute Gasteiger partial charge is 0.0641 e. The molecule has 2 heterocycles. The number of hydrogen-bond acceptors (Lipinski definition) is 5. The van der Waals surface area contributed by atoms with Crippen molar-refractivity contribution >= 4 is 0 Å². The van der Waals surface area contributed by atoms with Gasteiger partial charge in [-0.25, -0.2) is 0 Å². The Kier molecular flexibility index (Phi) is 5.75. The molecule has 0 amide bonds. The lowest BCUT2D eigenvalue weighted by atomic mass is 10.1. The fraction of sp³-hybridized carbons (Fsp3) is 0.800. The lowest BCUT2D eigenvalue weighted by Crippen LogP contribution is -2.50. The van der Waals surface area contributed by atoms with Gasteiger partial charge in [0.1, 0.15) is 0 Å². The average Bonchev–Trinajstić information content (AvgIpc) is 2.78. The summed E-state index contributed by atoms with van der Waals surface area (Å²) < 4.78 is 1.89. The van der Waals surface area contributed by atoms with Crippen molar-refractivity contribution in [2.45, 2.75) is 13.0 Å². The average molecular weight is 294 g/mol. The first-order chi connectivity index (χ1) is 10.0. The van der Waals surface area contributed by atoms with Crippen LogP contribution in [0.2, 0.25) is 0 Å². The van der Waals surface area contributed by atoms with E-state index < -0.39 is 0 Å². The molecule has 1 aromatic heterocycles. The van der Waals surface area contributed by atoms with Gasteiger partial charge in [0.2, 0.25) is 0 Å². The van der Waals surface area contributed by atoms with Crippen LogP contribution in [0.5, 0.6) is 0 Å². The third kappa shape index (κ3) is 4.26. The number of nitrogens with zero attached hydrogens (tertiary/aromatic N) is 5. The molecule has 0 bridgehead atoms. The zero-order chi connectivity index (χ0) is 15.4. The summed E-state index contributed by atoms with van der Waals surface area (Å²) in [5, 5.41) is 4.46. The fourth-order valence-electron chi connectivity index (χ4n) is 3.06. The van der Waals surface area contributed by atoms with E-state index in [1.54, 1.807) is 0 Å². The standard InChI is InChI=1S/C15H30N6/c1-13-14(12-19(4)17-13)15(11-16)21-9-7-20(8-10-21)6-5-18(2)3/h12,15H,5-11,16H2,1-4H3. The number of aromatic nitrogens is 2. The van der Waals surface area contributed by atoms with Crippen LogP contribution in [0.3, 0.4) is 0 Å². The van der Waals surface area contributed by atoms with E-state index >= 15 is 0 Å². The van der Waals surface area contributed by atoms with E-state index in [9.17, 15) is 0 Å². The Morgan fingerprint density at radius 1 is 1.29 bits per heavy atom. The molecule has 1 atom stereocenters. The molecule has 0 aliphatic carbocycles. The highest BCUT2D eigenvalue weighted by Gasteiger charge is 2.26. The highest BCUT2D eigenvalue weighted by molar-refractivity contribution is 5.20. The first-order valence-corrected chi connectivity index (χ1v) is 7.82. The van der Waals surface area contributed by atoms with Gasteiger partial charge >= 0.3 is 0 Å². The van der Waals surface area contributed by atoms with Gasteiger partial charge in [0, 0.05) is 64.6 Å². The molecule has 1 aliphatic heterocycles. The first-order valence-electron chi connectivity index (χ1n) is 7.82. The van der Waals surface area contributed by atoms with Crippen LogP contribution in [0.1, 0.15) is 17.3 Å². The van der Waals surface area contributed by atoms with E-state index in [-0.39, 0.29) is 0 Å². The Bertz CT molecular complexity index is 433. The Morgan fingerprint density at radius 2 is 1.95 bits per heavy atom. The van der Waals surface area contributed by atoms with Gasteiger partial charge in [-0.15, -0.1) is 0 Å². The summed E-state index contributed by atoms with van der Waals surface area (Å²) in [6, 6.07) is 0.301. The van der Waals surface area contributed by atoms with E-state index in [1.807, 2.05) is 11.7 Å². The maximum Gasteiger partial charge on any atom is 0.0641 e. The third-order valence-electron chi connectivity index (χ3n) is 4.34. The summed E-state index contributed by atoms with van der Waals surface area (Å²) in [6.45, 7) is 9.44. The normalized spacial score (nSPS) is 19.3. The Hall–Kier alpha value is -0.950. The second kappa shape index (κ2) is 7.35. The van der Waals surface area contributed by atoms with Crippen molar-refractivity contribution in [1.82, 2.24) is 24.5 Å². The second-order valence-electron chi connectivity index (χ2n) is 6.28. The third-order valence-corrected chi connectivity index (χ3v) is 4.34. The highest BCUT2D eigenvalue weighted by atomic mass is 15.3. The van der Waals surface area contributed by atoms with Crippen LogP contribution in [0.25, 0.3) is 0 Å². The van der Waals surface area contributed by atoms with Crippen LogP contribution < -0.4 is 5.73 Å². The van der Waals surface area contributed by atoms with Crippen LogP contribution in [-0.2, 0) is 7.05 Å². The van der Waals surface area contributed by atoms with Crippen molar-refractivity contribution < 1.29 is 0 Å². The van der Waals surface area contributed by atoms with Gasteiger partial charge < -0.3 is 10.6 Å². The Labute approximate surface area is 128 Å². The minimum absolute atomic E-state index is 0.301. The Balaban J connectivity index is 1.92. The molecule has 1 unspecified atom stereocenters. The van der Waals surface area contributed by atoms with Crippen molar-refractivity contribution in [3.63, 3.8) is 0 Å². The highest BCUT2D eigenvalue weighted by Crippen LogP contribution is 2.23. The molecule has 2 N–H and O–H groups in total. The maximum atomic E-state index is 6.05. The SMILES string of the molecule is Cc1nn(C)cc1C(CN)N1CCN(CCN(C)C)CC1. The summed E-state index contributed by atoms with van der Waals surface area (Å²) in [6.07, 6.45) is 2.12. The number of likely N-dealkylation sites (N-methyl/N-ethyl adjacent to an activating group) is 1. The van der Waals surface area contributed by atoms with Gasteiger partial charge in [-0.2, -0.15) is 5.10 Å². The minimum Gasteiger partial charge on any atom is -0.329 e. The molecule has 1 saturated heterocycles. The van der Waals surface area contributed by atoms with E-state index in [0.717, 1.165) is 45.0 Å². The monoisotopic (exact) mass is 294 g/mol. The van der Waals surface area contributed by atoms with Crippen molar-refractivity contribution in [3.8, 4) is 0 Å². The van der Waals surface area contributed by atoms with Crippen LogP contribution >= 0.6 is 0 Å². The summed E-state index contributed by atoms with van der Waals surface area (Å²) in [5.74, 6) is 0. The van der Waals surface area contributed by atoms with E-state index in [0.29, 0.717) is 12.6 Å². The molecular weight excluding hydrogens is 264 g/mol. The molecule has 1 aromatic rings. The minimum atomic E-state index is 0.301. The molecule has 21 heavy (non-hydrogen) atoms. The molecule has 0 aromatic carbocycles. The second-order valence-corrected chi connectivity index (χ2v) is 6.28. The lowest BCUT2D eigenvalue weighted by Gasteiger charge is -2.39. The number of hydrogen-bond donors (Lipinski definition) is 1.